The van der Waals surface area contributed by atoms with Crippen LogP contribution in [-0.2, 0) is 9.59 Å². The number of imide groups is 1. The van der Waals surface area contributed by atoms with Crippen LogP contribution in [0, 0.1) is 0 Å². The topological polar surface area (TPSA) is 49.4 Å². The van der Waals surface area contributed by atoms with Crippen molar-refractivity contribution in [2.24, 2.45) is 0 Å². The number of nitrogens with zero attached hydrogens (tertiary/aromatic N) is 1. The molecule has 0 spiro atoms. The highest BCUT2D eigenvalue weighted by Crippen LogP contribution is 2.15. The largest absolute Gasteiger partial charge is 0.366 e. The molecule has 0 saturated carbocycles. The van der Waals surface area contributed by atoms with E-state index in [9.17, 15) is 9.59 Å². The number of allylic oxidation sites excluding steroid dienone is 3. The second-order valence-electron chi connectivity index (χ2n) is 3.62. The summed E-state index contributed by atoms with van der Waals surface area (Å²) in [5.74, 6) is -0.402. The number of rotatable bonds is 3. The molecule has 15 heavy (non-hydrogen) atoms. The average Bonchev–Trinajstić information content (AvgIpc) is 2.17. The van der Waals surface area contributed by atoms with Gasteiger partial charge in [-0.15, -0.1) is 0 Å². The fraction of sp³-hybridized carbons (Fsp3) is 0.455. The predicted octanol–water partition coefficient (Wildman–Crippen LogP) is 0.813. The molecule has 4 heteroatoms. The van der Waals surface area contributed by atoms with Gasteiger partial charge in [0.2, 0.25) is 11.8 Å². The summed E-state index contributed by atoms with van der Waals surface area (Å²) in [5, 5.41) is 2.33. The van der Waals surface area contributed by atoms with Crippen LogP contribution < -0.4 is 5.32 Å². The lowest BCUT2D eigenvalue weighted by atomic mass is 10.0. The van der Waals surface area contributed by atoms with Crippen molar-refractivity contribution < 1.29 is 9.59 Å². The molecule has 1 rings (SSSR count). The number of amides is 2. The Morgan fingerprint density at radius 3 is 2.80 bits per heavy atom. The van der Waals surface area contributed by atoms with Crippen molar-refractivity contribution in [2.75, 3.05) is 7.05 Å². The molecule has 1 atom stereocenters. The van der Waals surface area contributed by atoms with Crippen molar-refractivity contribution in [2.45, 2.75) is 25.8 Å². The summed E-state index contributed by atoms with van der Waals surface area (Å²) < 4.78 is 0. The van der Waals surface area contributed by atoms with Gasteiger partial charge in [0, 0.05) is 19.2 Å². The summed E-state index contributed by atoms with van der Waals surface area (Å²) in [7, 11) is 1.84. The lowest BCUT2D eigenvalue weighted by molar-refractivity contribution is -0.136. The maximum absolute atomic E-state index is 11.5. The SMILES string of the molecule is C=C/C=C(/C)N(C)C1CCC(=O)NC1=O. The fourth-order valence-electron chi connectivity index (χ4n) is 1.59. The molecule has 1 aliphatic heterocycles. The van der Waals surface area contributed by atoms with Crippen molar-refractivity contribution in [3.63, 3.8) is 0 Å². The van der Waals surface area contributed by atoms with Gasteiger partial charge in [-0.2, -0.15) is 0 Å². The van der Waals surface area contributed by atoms with E-state index in [1.165, 1.54) is 0 Å². The Bertz CT molecular complexity index is 321. The lowest BCUT2D eigenvalue weighted by Crippen LogP contribution is -2.50. The standard InChI is InChI=1S/C11H16N2O2/c1-4-5-8(2)13(3)9-6-7-10(14)12-11(9)15/h4-5,9H,1,6-7H2,2-3H3,(H,12,14,15)/b8-5-. The molecule has 0 bridgehead atoms. The van der Waals surface area contributed by atoms with E-state index in [4.69, 9.17) is 0 Å². The molecule has 1 aliphatic rings. The Balaban J connectivity index is 2.71. The summed E-state index contributed by atoms with van der Waals surface area (Å²) >= 11 is 0. The first-order valence-electron chi connectivity index (χ1n) is 4.92. The lowest BCUT2D eigenvalue weighted by Gasteiger charge is -2.31. The highest BCUT2D eigenvalue weighted by atomic mass is 16.2. The van der Waals surface area contributed by atoms with Gasteiger partial charge in [0.05, 0.1) is 0 Å². The minimum Gasteiger partial charge on any atom is -0.366 e. The molecule has 0 aromatic heterocycles. The van der Waals surface area contributed by atoms with Gasteiger partial charge in [-0.05, 0) is 19.4 Å². The summed E-state index contributed by atoms with van der Waals surface area (Å²) in [6.45, 7) is 5.51. The molecule has 2 amide bonds. The minimum atomic E-state index is -0.251. The zero-order chi connectivity index (χ0) is 11.4. The molecule has 82 valence electrons. The Morgan fingerprint density at radius 2 is 2.27 bits per heavy atom. The van der Waals surface area contributed by atoms with Crippen molar-refractivity contribution >= 4 is 11.8 Å². The number of hydrogen-bond donors (Lipinski definition) is 1. The first kappa shape index (κ1) is 11.5. The highest BCUT2D eigenvalue weighted by molar-refractivity contribution is 6.00. The molecule has 0 aromatic rings. The monoisotopic (exact) mass is 208 g/mol. The molecular formula is C11H16N2O2. The number of piperidine rings is 1. The molecule has 0 radical (unpaired) electrons. The van der Waals surface area contributed by atoms with Gasteiger partial charge in [-0.1, -0.05) is 12.7 Å². The van der Waals surface area contributed by atoms with Crippen LogP contribution in [0.3, 0.4) is 0 Å². The quantitative estimate of drug-likeness (QED) is 0.551. The van der Waals surface area contributed by atoms with Crippen LogP contribution in [0.25, 0.3) is 0 Å². The summed E-state index contributed by atoms with van der Waals surface area (Å²) in [6.07, 6.45) is 4.49. The van der Waals surface area contributed by atoms with Gasteiger partial charge >= 0.3 is 0 Å². The first-order valence-corrected chi connectivity index (χ1v) is 4.92. The average molecular weight is 208 g/mol. The predicted molar refractivity (Wildman–Crippen MR) is 57.9 cm³/mol. The molecule has 1 fully saturated rings. The summed E-state index contributed by atoms with van der Waals surface area (Å²) in [5.41, 5.74) is 0.958. The van der Waals surface area contributed by atoms with E-state index in [1.807, 2.05) is 24.9 Å². The van der Waals surface area contributed by atoms with E-state index in [0.29, 0.717) is 12.8 Å². The van der Waals surface area contributed by atoms with Crippen LogP contribution >= 0.6 is 0 Å². The molecule has 1 heterocycles. The van der Waals surface area contributed by atoms with E-state index >= 15 is 0 Å². The van der Waals surface area contributed by atoms with Crippen molar-refractivity contribution in [1.82, 2.24) is 10.2 Å². The van der Waals surface area contributed by atoms with Crippen LogP contribution in [-0.4, -0.2) is 29.8 Å². The third-order valence-electron chi connectivity index (χ3n) is 2.59. The minimum absolute atomic E-state index is 0.185. The molecule has 0 aliphatic carbocycles. The normalized spacial score (nSPS) is 22.3. The van der Waals surface area contributed by atoms with Crippen molar-refractivity contribution in [3.05, 3.63) is 24.4 Å². The zero-order valence-corrected chi connectivity index (χ0v) is 9.12. The Hall–Kier alpha value is -1.58. The number of carbonyl (C=O) groups is 2. The van der Waals surface area contributed by atoms with Crippen molar-refractivity contribution in [1.29, 1.82) is 0 Å². The zero-order valence-electron chi connectivity index (χ0n) is 9.12. The molecular weight excluding hydrogens is 192 g/mol. The van der Waals surface area contributed by atoms with Gasteiger partial charge in [0.1, 0.15) is 6.04 Å². The van der Waals surface area contributed by atoms with Crippen LogP contribution in [0.4, 0.5) is 0 Å². The number of likely N-dealkylation sites (N-methyl/N-ethyl adjacent to an activating group) is 1. The highest BCUT2D eigenvalue weighted by Gasteiger charge is 2.29. The van der Waals surface area contributed by atoms with Gasteiger partial charge in [0.25, 0.3) is 0 Å². The van der Waals surface area contributed by atoms with Gasteiger partial charge in [0.15, 0.2) is 0 Å². The third kappa shape index (κ3) is 2.68. The van der Waals surface area contributed by atoms with Crippen LogP contribution in [0.1, 0.15) is 19.8 Å². The fourth-order valence-corrected chi connectivity index (χ4v) is 1.59. The summed E-state index contributed by atoms with van der Waals surface area (Å²) in [4.78, 5) is 24.3. The smallest absolute Gasteiger partial charge is 0.249 e. The summed E-state index contributed by atoms with van der Waals surface area (Å²) in [6, 6.07) is -0.251. The van der Waals surface area contributed by atoms with E-state index in [2.05, 4.69) is 11.9 Å². The van der Waals surface area contributed by atoms with Crippen LogP contribution in [0.15, 0.2) is 24.4 Å². The molecule has 1 unspecified atom stereocenters. The van der Waals surface area contributed by atoms with Gasteiger partial charge in [-0.3, -0.25) is 14.9 Å². The Kier molecular flexibility index (Phi) is 3.66. The third-order valence-corrected chi connectivity index (χ3v) is 2.59. The second-order valence-corrected chi connectivity index (χ2v) is 3.62. The number of nitrogens with one attached hydrogen (secondary N) is 1. The number of carbonyl (C=O) groups excluding carboxylic acids is 2. The second kappa shape index (κ2) is 4.77. The van der Waals surface area contributed by atoms with Gasteiger partial charge in [-0.25, -0.2) is 0 Å². The molecule has 1 saturated heterocycles. The maximum Gasteiger partial charge on any atom is 0.249 e. The maximum atomic E-state index is 11.5. The van der Waals surface area contributed by atoms with Crippen molar-refractivity contribution in [3.8, 4) is 0 Å². The van der Waals surface area contributed by atoms with Crippen LogP contribution in [0.2, 0.25) is 0 Å². The van der Waals surface area contributed by atoms with E-state index in [1.54, 1.807) is 6.08 Å². The number of hydrogen-bond acceptors (Lipinski definition) is 3. The van der Waals surface area contributed by atoms with E-state index < -0.39 is 0 Å². The molecule has 4 nitrogen and oxygen atoms in total. The van der Waals surface area contributed by atoms with E-state index in [-0.39, 0.29) is 17.9 Å². The Labute approximate surface area is 89.6 Å². The van der Waals surface area contributed by atoms with Crippen LogP contribution in [0.5, 0.6) is 0 Å². The van der Waals surface area contributed by atoms with E-state index in [0.717, 1.165) is 5.70 Å². The van der Waals surface area contributed by atoms with Gasteiger partial charge < -0.3 is 4.90 Å². The Morgan fingerprint density at radius 1 is 1.60 bits per heavy atom. The molecule has 1 N–H and O–H groups in total. The molecule has 0 aromatic carbocycles. The first-order chi connectivity index (χ1) is 7.06.